The molecule has 1 aromatic heterocycles. The predicted molar refractivity (Wildman–Crippen MR) is 51.3 cm³/mol. The van der Waals surface area contributed by atoms with Crippen LogP contribution in [0.1, 0.15) is 11.4 Å². The molecule has 0 unspecified atom stereocenters. The maximum Gasteiger partial charge on any atom is 0.132 e. The van der Waals surface area contributed by atoms with Crippen molar-refractivity contribution in [2.45, 2.75) is 6.42 Å². The number of benzene rings is 1. The Balaban J connectivity index is 2.16. The Morgan fingerprint density at radius 1 is 0.846 bits per heavy atom. The molecule has 0 bridgehead atoms. The van der Waals surface area contributed by atoms with E-state index < -0.39 is 0 Å². The number of nitrogens with zero attached hydrogens (tertiary/aromatic N) is 2. The van der Waals surface area contributed by atoms with Crippen LogP contribution in [0.4, 0.5) is 0 Å². The van der Waals surface area contributed by atoms with Crippen LogP contribution < -0.4 is 0 Å². The zero-order chi connectivity index (χ0) is 8.93. The van der Waals surface area contributed by atoms with Crippen LogP contribution in [0, 0.1) is 0 Å². The molecule has 0 amide bonds. The third-order valence-corrected chi connectivity index (χ3v) is 1.82. The number of hydrogen-bond acceptors (Lipinski definition) is 2. The van der Waals surface area contributed by atoms with Crippen molar-refractivity contribution in [3.63, 3.8) is 0 Å². The lowest BCUT2D eigenvalue weighted by Gasteiger charge is -1.98. The van der Waals surface area contributed by atoms with Crippen molar-refractivity contribution < 1.29 is 0 Å². The summed E-state index contributed by atoms with van der Waals surface area (Å²) in [7, 11) is 0. The molecule has 0 spiro atoms. The van der Waals surface area contributed by atoms with Gasteiger partial charge in [-0.05, 0) is 11.6 Å². The van der Waals surface area contributed by atoms with E-state index in [-0.39, 0.29) is 0 Å². The Morgan fingerprint density at radius 3 is 2.23 bits per heavy atom. The first-order valence-corrected chi connectivity index (χ1v) is 4.25. The summed E-state index contributed by atoms with van der Waals surface area (Å²) in [6.45, 7) is 0. The van der Waals surface area contributed by atoms with Gasteiger partial charge < -0.3 is 0 Å². The SMILES string of the molecule is c1ccc(Cc2ncccn2)cc1. The predicted octanol–water partition coefficient (Wildman–Crippen LogP) is 2.07. The molecule has 2 nitrogen and oxygen atoms in total. The topological polar surface area (TPSA) is 25.8 Å². The molecular formula is C11H10N2. The summed E-state index contributed by atoms with van der Waals surface area (Å²) < 4.78 is 0. The summed E-state index contributed by atoms with van der Waals surface area (Å²) in [5.41, 5.74) is 1.24. The van der Waals surface area contributed by atoms with E-state index >= 15 is 0 Å². The van der Waals surface area contributed by atoms with E-state index in [4.69, 9.17) is 0 Å². The molecule has 0 aliphatic carbocycles. The molecule has 0 saturated carbocycles. The zero-order valence-electron chi connectivity index (χ0n) is 7.22. The average molecular weight is 170 g/mol. The summed E-state index contributed by atoms with van der Waals surface area (Å²) in [6, 6.07) is 12.0. The van der Waals surface area contributed by atoms with Gasteiger partial charge in [-0.2, -0.15) is 0 Å². The van der Waals surface area contributed by atoms with Crippen LogP contribution in [0.5, 0.6) is 0 Å². The van der Waals surface area contributed by atoms with Crippen molar-refractivity contribution in [1.82, 2.24) is 9.97 Å². The Bertz CT molecular complexity index is 319. The highest BCUT2D eigenvalue weighted by Crippen LogP contribution is 2.03. The Morgan fingerprint density at radius 2 is 1.54 bits per heavy atom. The van der Waals surface area contributed by atoms with Gasteiger partial charge in [0.05, 0.1) is 0 Å². The van der Waals surface area contributed by atoms with Crippen molar-refractivity contribution in [2.75, 3.05) is 0 Å². The van der Waals surface area contributed by atoms with E-state index in [2.05, 4.69) is 22.1 Å². The Kier molecular flexibility index (Phi) is 2.32. The summed E-state index contributed by atoms with van der Waals surface area (Å²) in [6.07, 6.45) is 4.35. The zero-order valence-corrected chi connectivity index (χ0v) is 7.22. The first-order valence-electron chi connectivity index (χ1n) is 4.25. The molecule has 0 aliphatic rings. The molecule has 0 fully saturated rings. The first kappa shape index (κ1) is 7.92. The van der Waals surface area contributed by atoms with Gasteiger partial charge in [-0.25, -0.2) is 9.97 Å². The number of aromatic nitrogens is 2. The van der Waals surface area contributed by atoms with Crippen LogP contribution in [0.25, 0.3) is 0 Å². The van der Waals surface area contributed by atoms with E-state index in [1.165, 1.54) is 5.56 Å². The van der Waals surface area contributed by atoms with Gasteiger partial charge in [-0.3, -0.25) is 0 Å². The van der Waals surface area contributed by atoms with E-state index in [1.807, 2.05) is 24.3 Å². The fourth-order valence-electron chi connectivity index (χ4n) is 1.20. The quantitative estimate of drug-likeness (QED) is 0.689. The minimum atomic E-state index is 0.807. The lowest BCUT2D eigenvalue weighted by molar-refractivity contribution is 0.968. The smallest absolute Gasteiger partial charge is 0.132 e. The summed E-state index contributed by atoms with van der Waals surface area (Å²) in [5, 5.41) is 0. The van der Waals surface area contributed by atoms with Gasteiger partial charge in [-0.1, -0.05) is 30.3 Å². The van der Waals surface area contributed by atoms with Crippen LogP contribution in [-0.4, -0.2) is 9.97 Å². The minimum absolute atomic E-state index is 0.807. The second-order valence-corrected chi connectivity index (χ2v) is 2.83. The summed E-state index contributed by atoms with van der Waals surface area (Å²) >= 11 is 0. The third kappa shape index (κ3) is 2.12. The molecule has 0 saturated heterocycles. The van der Waals surface area contributed by atoms with E-state index in [0.29, 0.717) is 0 Å². The minimum Gasteiger partial charge on any atom is -0.241 e. The maximum absolute atomic E-state index is 4.16. The van der Waals surface area contributed by atoms with Crippen LogP contribution in [0.3, 0.4) is 0 Å². The summed E-state index contributed by atoms with van der Waals surface area (Å²) in [4.78, 5) is 8.33. The van der Waals surface area contributed by atoms with Crippen molar-refractivity contribution in [1.29, 1.82) is 0 Å². The molecule has 2 heteroatoms. The highest BCUT2D eigenvalue weighted by atomic mass is 14.8. The molecule has 2 aromatic rings. The largest absolute Gasteiger partial charge is 0.241 e. The molecule has 1 aromatic carbocycles. The maximum atomic E-state index is 4.16. The van der Waals surface area contributed by atoms with E-state index in [0.717, 1.165) is 12.2 Å². The highest BCUT2D eigenvalue weighted by Gasteiger charge is 1.95. The molecule has 1 heterocycles. The third-order valence-electron chi connectivity index (χ3n) is 1.82. The Hall–Kier alpha value is -1.70. The van der Waals surface area contributed by atoms with Crippen molar-refractivity contribution in [2.24, 2.45) is 0 Å². The number of rotatable bonds is 2. The fraction of sp³-hybridized carbons (Fsp3) is 0.0909. The molecule has 64 valence electrons. The van der Waals surface area contributed by atoms with Gasteiger partial charge in [0, 0.05) is 18.8 Å². The first-order chi connectivity index (χ1) is 6.45. The van der Waals surface area contributed by atoms with Gasteiger partial charge in [0.15, 0.2) is 0 Å². The van der Waals surface area contributed by atoms with Crippen LogP contribution in [0.15, 0.2) is 48.8 Å². The van der Waals surface area contributed by atoms with E-state index in [1.54, 1.807) is 12.4 Å². The lowest BCUT2D eigenvalue weighted by Crippen LogP contribution is -1.93. The van der Waals surface area contributed by atoms with Crippen LogP contribution in [-0.2, 0) is 6.42 Å². The van der Waals surface area contributed by atoms with Gasteiger partial charge >= 0.3 is 0 Å². The van der Waals surface area contributed by atoms with Crippen molar-refractivity contribution in [3.05, 3.63) is 60.2 Å². The second kappa shape index (κ2) is 3.81. The van der Waals surface area contributed by atoms with Crippen molar-refractivity contribution >= 4 is 0 Å². The second-order valence-electron chi connectivity index (χ2n) is 2.83. The molecular weight excluding hydrogens is 160 g/mol. The van der Waals surface area contributed by atoms with Gasteiger partial charge in [0.1, 0.15) is 5.82 Å². The van der Waals surface area contributed by atoms with Gasteiger partial charge in [-0.15, -0.1) is 0 Å². The lowest BCUT2D eigenvalue weighted by atomic mass is 10.1. The van der Waals surface area contributed by atoms with Gasteiger partial charge in [0.25, 0.3) is 0 Å². The molecule has 0 N–H and O–H groups in total. The molecule has 13 heavy (non-hydrogen) atoms. The van der Waals surface area contributed by atoms with Crippen molar-refractivity contribution in [3.8, 4) is 0 Å². The number of hydrogen-bond donors (Lipinski definition) is 0. The molecule has 0 aliphatic heterocycles. The van der Waals surface area contributed by atoms with Crippen LogP contribution >= 0.6 is 0 Å². The molecule has 0 atom stereocenters. The van der Waals surface area contributed by atoms with Gasteiger partial charge in [0.2, 0.25) is 0 Å². The molecule has 2 rings (SSSR count). The summed E-state index contributed by atoms with van der Waals surface area (Å²) in [5.74, 6) is 0.869. The van der Waals surface area contributed by atoms with Crippen LogP contribution in [0.2, 0.25) is 0 Å². The average Bonchev–Trinajstić information content (AvgIpc) is 2.21. The molecule has 0 radical (unpaired) electrons. The fourth-order valence-corrected chi connectivity index (χ4v) is 1.20. The highest BCUT2D eigenvalue weighted by molar-refractivity contribution is 5.18. The monoisotopic (exact) mass is 170 g/mol. The normalized spacial score (nSPS) is 9.85. The van der Waals surface area contributed by atoms with E-state index in [9.17, 15) is 0 Å². The standard InChI is InChI=1S/C11H10N2/c1-2-5-10(6-3-1)9-11-12-7-4-8-13-11/h1-8H,9H2. The Labute approximate surface area is 77.3 Å².